The normalized spacial score (nSPS) is 11.7. The maximum Gasteiger partial charge on any atom is 0.0547 e. The number of aromatic nitrogens is 2. The molecule has 0 saturated heterocycles. The summed E-state index contributed by atoms with van der Waals surface area (Å²) in [6.07, 6.45) is 0. The molecule has 252 valence electrons. The first kappa shape index (κ1) is 30.5. The van der Waals surface area contributed by atoms with Crippen molar-refractivity contribution >= 4 is 54.4 Å². The van der Waals surface area contributed by atoms with Gasteiger partial charge in [-0.3, -0.25) is 0 Å². The number of fused-ring (bicyclic) bond motifs is 7. The summed E-state index contributed by atoms with van der Waals surface area (Å²) in [7, 11) is 0. The molecule has 0 aliphatic heterocycles. The van der Waals surface area contributed by atoms with Crippen molar-refractivity contribution in [1.82, 2.24) is 9.13 Å². The van der Waals surface area contributed by atoms with E-state index in [2.05, 4.69) is 215 Å². The zero-order chi connectivity index (χ0) is 35.6. The van der Waals surface area contributed by atoms with Gasteiger partial charge in [0.25, 0.3) is 0 Å². The molecule has 0 spiro atoms. The van der Waals surface area contributed by atoms with Crippen LogP contribution in [0.3, 0.4) is 0 Å². The van der Waals surface area contributed by atoms with Crippen molar-refractivity contribution in [2.45, 2.75) is 0 Å². The highest BCUT2D eigenvalue weighted by Gasteiger charge is 2.16. The molecule has 0 atom stereocenters. The summed E-state index contributed by atoms with van der Waals surface area (Å²) in [6, 6.07) is 75.1. The van der Waals surface area contributed by atoms with Crippen molar-refractivity contribution in [3.8, 4) is 44.8 Å². The number of hydrogen-bond donors (Lipinski definition) is 0. The molecule has 2 heteroatoms. The Hall–Kier alpha value is -7.16. The minimum absolute atomic E-state index is 1.17. The van der Waals surface area contributed by atoms with Gasteiger partial charge in [-0.2, -0.15) is 0 Å². The van der Waals surface area contributed by atoms with Crippen LogP contribution in [0.2, 0.25) is 0 Å². The van der Waals surface area contributed by atoms with E-state index in [1.54, 1.807) is 0 Å². The van der Waals surface area contributed by atoms with Gasteiger partial charge in [-0.1, -0.05) is 146 Å². The van der Waals surface area contributed by atoms with Crippen LogP contribution < -0.4 is 0 Å². The standard InChI is InChI=1S/C52H34N2/c1-2-13-42(14-3-1)53-50-22-9-6-18-47(50)52-44(19-11-23-51(52)53)36-26-24-35(25-27-36)38-28-29-41-33-39(30-31-40(41)32-38)37-12-10-15-43(34-37)54-48-20-7-4-16-45(48)46-17-5-8-21-49(46)54/h1-34H. The average Bonchev–Trinajstić information content (AvgIpc) is 3.77. The van der Waals surface area contributed by atoms with Gasteiger partial charge in [0.05, 0.1) is 22.1 Å². The highest BCUT2D eigenvalue weighted by Crippen LogP contribution is 2.39. The van der Waals surface area contributed by atoms with Crippen LogP contribution in [0, 0.1) is 0 Å². The number of benzene rings is 9. The molecule has 11 aromatic rings. The van der Waals surface area contributed by atoms with E-state index >= 15 is 0 Å². The van der Waals surface area contributed by atoms with Crippen molar-refractivity contribution in [1.29, 1.82) is 0 Å². The van der Waals surface area contributed by atoms with Crippen LogP contribution in [-0.2, 0) is 0 Å². The lowest BCUT2D eigenvalue weighted by atomic mass is 9.95. The molecule has 9 aromatic carbocycles. The molecular formula is C52H34N2. The van der Waals surface area contributed by atoms with Crippen LogP contribution in [0.15, 0.2) is 206 Å². The Bertz CT molecular complexity index is 3150. The highest BCUT2D eigenvalue weighted by molar-refractivity contribution is 6.16. The largest absolute Gasteiger partial charge is 0.309 e. The summed E-state index contributed by atoms with van der Waals surface area (Å²) in [6.45, 7) is 0. The SMILES string of the molecule is c1ccc(-n2c3ccccc3c3c(-c4ccc(-c5ccc6cc(-c7cccc(-n8c9ccccc9c9ccccc98)c7)ccc6c5)cc4)cccc32)cc1. The summed E-state index contributed by atoms with van der Waals surface area (Å²) in [5.41, 5.74) is 14.5. The molecule has 2 aromatic heterocycles. The monoisotopic (exact) mass is 686 g/mol. The van der Waals surface area contributed by atoms with E-state index in [1.807, 2.05) is 0 Å². The van der Waals surface area contributed by atoms with Crippen molar-refractivity contribution in [2.24, 2.45) is 0 Å². The smallest absolute Gasteiger partial charge is 0.0547 e. The molecule has 11 rings (SSSR count). The molecule has 54 heavy (non-hydrogen) atoms. The molecule has 0 fully saturated rings. The lowest BCUT2D eigenvalue weighted by Gasteiger charge is -2.11. The molecule has 0 unspecified atom stereocenters. The molecule has 0 aliphatic carbocycles. The first-order valence-corrected chi connectivity index (χ1v) is 18.6. The van der Waals surface area contributed by atoms with Gasteiger partial charge in [-0.25, -0.2) is 0 Å². The Morgan fingerprint density at radius 2 is 0.722 bits per heavy atom. The van der Waals surface area contributed by atoms with Gasteiger partial charge in [-0.15, -0.1) is 0 Å². The van der Waals surface area contributed by atoms with Crippen LogP contribution in [0.25, 0.3) is 99.1 Å². The van der Waals surface area contributed by atoms with Crippen molar-refractivity contribution in [3.05, 3.63) is 206 Å². The van der Waals surface area contributed by atoms with Gasteiger partial charge in [0, 0.05) is 32.9 Å². The topological polar surface area (TPSA) is 9.86 Å². The highest BCUT2D eigenvalue weighted by atomic mass is 15.0. The lowest BCUT2D eigenvalue weighted by molar-refractivity contribution is 1.18. The summed E-state index contributed by atoms with van der Waals surface area (Å²) in [4.78, 5) is 0. The van der Waals surface area contributed by atoms with Gasteiger partial charge in [0.15, 0.2) is 0 Å². The number of para-hydroxylation sites is 4. The third-order valence-corrected chi connectivity index (χ3v) is 11.1. The first-order chi connectivity index (χ1) is 26.8. The predicted molar refractivity (Wildman–Crippen MR) is 229 cm³/mol. The Morgan fingerprint density at radius 1 is 0.259 bits per heavy atom. The molecule has 0 bridgehead atoms. The van der Waals surface area contributed by atoms with E-state index in [1.165, 1.54) is 99.1 Å². The summed E-state index contributed by atoms with van der Waals surface area (Å²) >= 11 is 0. The van der Waals surface area contributed by atoms with E-state index in [0.717, 1.165) is 0 Å². The van der Waals surface area contributed by atoms with E-state index in [-0.39, 0.29) is 0 Å². The van der Waals surface area contributed by atoms with Crippen LogP contribution in [0.1, 0.15) is 0 Å². The number of rotatable bonds is 5. The molecule has 0 saturated carbocycles. The Kier molecular flexibility index (Phi) is 6.90. The van der Waals surface area contributed by atoms with Crippen LogP contribution in [0.4, 0.5) is 0 Å². The van der Waals surface area contributed by atoms with E-state index in [0.29, 0.717) is 0 Å². The molecule has 0 aliphatic rings. The van der Waals surface area contributed by atoms with Crippen LogP contribution in [-0.4, -0.2) is 9.13 Å². The second kappa shape index (κ2) is 12.2. The van der Waals surface area contributed by atoms with Crippen molar-refractivity contribution in [2.75, 3.05) is 0 Å². The second-order valence-corrected chi connectivity index (χ2v) is 14.2. The molecule has 0 radical (unpaired) electrons. The van der Waals surface area contributed by atoms with Gasteiger partial charge in [-0.05, 0) is 105 Å². The Labute approximate surface area is 313 Å². The second-order valence-electron chi connectivity index (χ2n) is 14.2. The van der Waals surface area contributed by atoms with Gasteiger partial charge in [0.1, 0.15) is 0 Å². The summed E-state index contributed by atoms with van der Waals surface area (Å²) < 4.78 is 4.77. The van der Waals surface area contributed by atoms with Crippen LogP contribution >= 0.6 is 0 Å². The van der Waals surface area contributed by atoms with Crippen LogP contribution in [0.5, 0.6) is 0 Å². The molecular weight excluding hydrogens is 653 g/mol. The number of nitrogens with zero attached hydrogens (tertiary/aromatic N) is 2. The quantitative estimate of drug-likeness (QED) is 0.171. The zero-order valence-electron chi connectivity index (χ0n) is 29.5. The van der Waals surface area contributed by atoms with E-state index in [9.17, 15) is 0 Å². The third kappa shape index (κ3) is 4.81. The Morgan fingerprint density at radius 3 is 1.41 bits per heavy atom. The first-order valence-electron chi connectivity index (χ1n) is 18.6. The molecule has 0 amide bonds. The minimum Gasteiger partial charge on any atom is -0.309 e. The third-order valence-electron chi connectivity index (χ3n) is 11.1. The summed E-state index contributed by atoms with van der Waals surface area (Å²) in [5.74, 6) is 0. The predicted octanol–water partition coefficient (Wildman–Crippen LogP) is 14.0. The summed E-state index contributed by atoms with van der Waals surface area (Å²) in [5, 5.41) is 7.57. The molecule has 2 nitrogen and oxygen atoms in total. The van der Waals surface area contributed by atoms with E-state index in [4.69, 9.17) is 0 Å². The number of hydrogen-bond acceptors (Lipinski definition) is 0. The van der Waals surface area contributed by atoms with Crippen molar-refractivity contribution < 1.29 is 0 Å². The maximum absolute atomic E-state index is 2.39. The fourth-order valence-corrected chi connectivity index (χ4v) is 8.59. The lowest BCUT2D eigenvalue weighted by Crippen LogP contribution is -1.94. The van der Waals surface area contributed by atoms with Gasteiger partial charge in [0.2, 0.25) is 0 Å². The Balaban J connectivity index is 0.931. The fraction of sp³-hybridized carbons (Fsp3) is 0. The molecule has 2 heterocycles. The van der Waals surface area contributed by atoms with E-state index < -0.39 is 0 Å². The molecule has 0 N–H and O–H groups in total. The maximum atomic E-state index is 2.39. The minimum atomic E-state index is 1.17. The van der Waals surface area contributed by atoms with Crippen molar-refractivity contribution in [3.63, 3.8) is 0 Å². The fourth-order valence-electron chi connectivity index (χ4n) is 8.59. The van der Waals surface area contributed by atoms with Gasteiger partial charge >= 0.3 is 0 Å². The van der Waals surface area contributed by atoms with Gasteiger partial charge < -0.3 is 9.13 Å². The average molecular weight is 687 g/mol. The zero-order valence-corrected chi connectivity index (χ0v) is 29.5.